The smallest absolute Gasteiger partial charge is 0.296 e. The van der Waals surface area contributed by atoms with Crippen LogP contribution in [0.2, 0.25) is 0 Å². The van der Waals surface area contributed by atoms with Crippen molar-refractivity contribution in [3.63, 3.8) is 0 Å². The third-order valence-electron chi connectivity index (χ3n) is 4.17. The van der Waals surface area contributed by atoms with Gasteiger partial charge in [-0.25, -0.2) is 0 Å². The lowest BCUT2D eigenvalue weighted by Gasteiger charge is -2.14. The van der Waals surface area contributed by atoms with Gasteiger partial charge in [0.15, 0.2) is 5.76 Å². The van der Waals surface area contributed by atoms with Crippen molar-refractivity contribution >= 4 is 17.4 Å². The van der Waals surface area contributed by atoms with Crippen LogP contribution in [0.4, 0.5) is 0 Å². The quantitative estimate of drug-likeness (QED) is 0.646. The molecule has 1 N–H and O–H groups in total. The number of carbonyl (C=O) groups excluding carboxylic acids is 2. The van der Waals surface area contributed by atoms with Gasteiger partial charge in [-0.1, -0.05) is 44.4 Å². The highest BCUT2D eigenvalue weighted by Crippen LogP contribution is 2.29. The van der Waals surface area contributed by atoms with Gasteiger partial charge in [-0.3, -0.25) is 14.5 Å². The van der Waals surface area contributed by atoms with Gasteiger partial charge in [0.2, 0.25) is 0 Å². The molecule has 1 heterocycles. The van der Waals surface area contributed by atoms with Crippen molar-refractivity contribution in [1.82, 2.24) is 4.90 Å². The summed E-state index contributed by atoms with van der Waals surface area (Å²) >= 11 is 0. The molecule has 0 aliphatic carbocycles. The number of aryl methyl sites for hydroxylation is 2. The number of carbonyl (C=O) groups is 2. The number of nitrogens with zero attached hydrogens (tertiary/aromatic N) is 1. The van der Waals surface area contributed by atoms with E-state index in [0.717, 1.165) is 41.7 Å². The van der Waals surface area contributed by atoms with Crippen LogP contribution in [0.1, 0.15) is 49.3 Å². The molecule has 0 radical (unpaired) electrons. The van der Waals surface area contributed by atoms with Crippen LogP contribution in [0.25, 0.3) is 5.57 Å². The van der Waals surface area contributed by atoms with Gasteiger partial charge < -0.3 is 5.11 Å². The summed E-state index contributed by atoms with van der Waals surface area (Å²) in [4.78, 5) is 25.7. The molecule has 0 aromatic heterocycles. The van der Waals surface area contributed by atoms with Crippen molar-refractivity contribution in [2.45, 2.75) is 46.5 Å². The summed E-state index contributed by atoms with van der Waals surface area (Å²) < 4.78 is 0. The molecule has 118 valence electrons. The van der Waals surface area contributed by atoms with Crippen LogP contribution < -0.4 is 0 Å². The predicted octanol–water partition coefficient (Wildman–Crippen LogP) is 3.52. The number of aliphatic hydroxyl groups excluding tert-OH is 1. The van der Waals surface area contributed by atoms with Crippen molar-refractivity contribution in [3.05, 3.63) is 40.6 Å². The average molecular weight is 301 g/mol. The third kappa shape index (κ3) is 3.06. The van der Waals surface area contributed by atoms with Crippen molar-refractivity contribution in [2.24, 2.45) is 0 Å². The Labute approximate surface area is 131 Å². The number of amides is 2. The SMILES string of the molecule is CCCCCCN1C(=O)C(O)=C(c2ccc(C)c(C)c2)C1=O. The van der Waals surface area contributed by atoms with Crippen LogP contribution in [0, 0.1) is 13.8 Å². The van der Waals surface area contributed by atoms with Crippen LogP contribution in [-0.2, 0) is 9.59 Å². The summed E-state index contributed by atoms with van der Waals surface area (Å²) in [6.45, 7) is 6.41. The van der Waals surface area contributed by atoms with Crippen LogP contribution >= 0.6 is 0 Å². The second kappa shape index (κ2) is 6.77. The zero-order valence-corrected chi connectivity index (χ0v) is 13.5. The first kappa shape index (κ1) is 16.3. The molecule has 4 heteroatoms. The fourth-order valence-corrected chi connectivity index (χ4v) is 2.62. The van der Waals surface area contributed by atoms with E-state index in [2.05, 4.69) is 6.92 Å². The molecule has 1 aliphatic heterocycles. The maximum atomic E-state index is 12.5. The van der Waals surface area contributed by atoms with Gasteiger partial charge in [-0.05, 0) is 37.0 Å². The maximum absolute atomic E-state index is 12.5. The monoisotopic (exact) mass is 301 g/mol. The topological polar surface area (TPSA) is 57.6 Å². The summed E-state index contributed by atoms with van der Waals surface area (Å²) in [6, 6.07) is 5.51. The van der Waals surface area contributed by atoms with E-state index < -0.39 is 11.7 Å². The number of hydrogen-bond acceptors (Lipinski definition) is 3. The molecule has 1 aromatic carbocycles. The molecular weight excluding hydrogens is 278 g/mol. The van der Waals surface area contributed by atoms with E-state index in [1.165, 1.54) is 0 Å². The van der Waals surface area contributed by atoms with E-state index >= 15 is 0 Å². The number of imide groups is 1. The molecule has 0 unspecified atom stereocenters. The fourth-order valence-electron chi connectivity index (χ4n) is 2.62. The minimum Gasteiger partial charge on any atom is -0.502 e. The second-order valence-electron chi connectivity index (χ2n) is 5.85. The largest absolute Gasteiger partial charge is 0.502 e. The van der Waals surface area contributed by atoms with Crippen LogP contribution in [0.3, 0.4) is 0 Å². The predicted molar refractivity (Wildman–Crippen MR) is 86.3 cm³/mol. The number of rotatable bonds is 6. The standard InChI is InChI=1S/C18H23NO3/c1-4-5-6-7-10-19-17(21)15(16(20)18(19)22)14-9-8-12(2)13(3)11-14/h8-9,11,20H,4-7,10H2,1-3H3. The molecule has 2 rings (SSSR count). The highest BCUT2D eigenvalue weighted by molar-refractivity contribution is 6.34. The zero-order valence-electron chi connectivity index (χ0n) is 13.5. The van der Waals surface area contributed by atoms with Gasteiger partial charge in [0, 0.05) is 6.54 Å². The van der Waals surface area contributed by atoms with Crippen LogP contribution in [0.5, 0.6) is 0 Å². The van der Waals surface area contributed by atoms with Gasteiger partial charge in [0.1, 0.15) is 0 Å². The maximum Gasteiger partial charge on any atom is 0.296 e. The second-order valence-corrected chi connectivity index (χ2v) is 5.85. The molecule has 4 nitrogen and oxygen atoms in total. The first-order valence-electron chi connectivity index (χ1n) is 7.84. The first-order valence-corrected chi connectivity index (χ1v) is 7.84. The minimum atomic E-state index is -0.574. The summed E-state index contributed by atoms with van der Waals surface area (Å²) in [5.41, 5.74) is 2.87. The van der Waals surface area contributed by atoms with Gasteiger partial charge in [-0.15, -0.1) is 0 Å². The Hall–Kier alpha value is -2.10. The van der Waals surface area contributed by atoms with Crippen molar-refractivity contribution in [1.29, 1.82) is 0 Å². The number of unbranched alkanes of at least 4 members (excludes halogenated alkanes) is 3. The van der Waals surface area contributed by atoms with Crippen molar-refractivity contribution in [2.75, 3.05) is 6.54 Å². The number of hydrogen-bond donors (Lipinski definition) is 1. The number of benzene rings is 1. The molecule has 0 bridgehead atoms. The van der Waals surface area contributed by atoms with Crippen molar-refractivity contribution in [3.8, 4) is 0 Å². The van der Waals surface area contributed by atoms with Gasteiger partial charge in [-0.2, -0.15) is 0 Å². The van der Waals surface area contributed by atoms with Gasteiger partial charge >= 0.3 is 0 Å². The summed E-state index contributed by atoms with van der Waals surface area (Å²) in [6.07, 6.45) is 3.94. The van der Waals surface area contributed by atoms with E-state index in [-0.39, 0.29) is 11.5 Å². The van der Waals surface area contributed by atoms with Gasteiger partial charge in [0.25, 0.3) is 11.8 Å². The lowest BCUT2D eigenvalue weighted by Crippen LogP contribution is -2.32. The molecule has 0 saturated carbocycles. The lowest BCUT2D eigenvalue weighted by atomic mass is 10.00. The molecule has 0 atom stereocenters. The Bertz CT molecular complexity index is 631. The molecule has 2 amide bonds. The van der Waals surface area contributed by atoms with E-state index in [9.17, 15) is 14.7 Å². The van der Waals surface area contributed by atoms with Gasteiger partial charge in [0.05, 0.1) is 5.57 Å². The van der Waals surface area contributed by atoms with Crippen LogP contribution in [0.15, 0.2) is 24.0 Å². The van der Waals surface area contributed by atoms with E-state index in [1.807, 2.05) is 26.0 Å². The Balaban J connectivity index is 2.20. The normalized spacial score (nSPS) is 15.1. The average Bonchev–Trinajstić information content (AvgIpc) is 2.70. The molecule has 22 heavy (non-hydrogen) atoms. The van der Waals surface area contributed by atoms with E-state index in [0.29, 0.717) is 12.1 Å². The van der Waals surface area contributed by atoms with E-state index in [1.54, 1.807) is 6.07 Å². The molecular formula is C18H23NO3. The van der Waals surface area contributed by atoms with Crippen LogP contribution in [-0.4, -0.2) is 28.4 Å². The minimum absolute atomic E-state index is 0.128. The molecule has 0 fully saturated rings. The Morgan fingerprint density at radius 1 is 1.00 bits per heavy atom. The molecule has 0 spiro atoms. The Morgan fingerprint density at radius 3 is 2.36 bits per heavy atom. The highest BCUT2D eigenvalue weighted by atomic mass is 16.3. The lowest BCUT2D eigenvalue weighted by molar-refractivity contribution is -0.138. The summed E-state index contributed by atoms with van der Waals surface area (Å²) in [5.74, 6) is -1.39. The fraction of sp³-hybridized carbons (Fsp3) is 0.444. The molecule has 0 saturated heterocycles. The first-order chi connectivity index (χ1) is 10.5. The van der Waals surface area contributed by atoms with Crippen molar-refractivity contribution < 1.29 is 14.7 Å². The molecule has 1 aromatic rings. The molecule has 1 aliphatic rings. The highest BCUT2D eigenvalue weighted by Gasteiger charge is 2.38. The number of aliphatic hydroxyl groups is 1. The Morgan fingerprint density at radius 2 is 1.73 bits per heavy atom. The summed E-state index contributed by atoms with van der Waals surface area (Å²) in [7, 11) is 0. The van der Waals surface area contributed by atoms with E-state index in [4.69, 9.17) is 0 Å². The summed E-state index contributed by atoms with van der Waals surface area (Å²) in [5, 5.41) is 10.1. The third-order valence-corrected chi connectivity index (χ3v) is 4.17. The Kier molecular flexibility index (Phi) is 5.01. The zero-order chi connectivity index (χ0) is 16.3.